The normalized spacial score (nSPS) is 22.5. The van der Waals surface area contributed by atoms with Crippen LogP contribution in [0.4, 0.5) is 5.69 Å². The number of aryl methyl sites for hydroxylation is 1. The van der Waals surface area contributed by atoms with E-state index in [0.717, 1.165) is 23.2 Å². The predicted octanol–water partition coefficient (Wildman–Crippen LogP) is 3.00. The Kier molecular flexibility index (Phi) is 5.23. The molecule has 0 spiro atoms. The molecule has 2 aliphatic heterocycles. The van der Waals surface area contributed by atoms with E-state index in [1.807, 2.05) is 39.0 Å². The maximum absolute atomic E-state index is 13.2. The van der Waals surface area contributed by atoms with Crippen molar-refractivity contribution in [2.24, 2.45) is 0 Å². The van der Waals surface area contributed by atoms with Gasteiger partial charge in [-0.05, 0) is 56.5 Å². The van der Waals surface area contributed by atoms with Gasteiger partial charge in [-0.2, -0.15) is 4.31 Å². The minimum atomic E-state index is -3.69. The first-order valence-electron chi connectivity index (χ1n) is 9.93. The predicted molar refractivity (Wildman–Crippen MR) is 112 cm³/mol. The molecule has 6 nitrogen and oxygen atoms in total. The van der Waals surface area contributed by atoms with E-state index in [1.54, 1.807) is 23.1 Å². The van der Waals surface area contributed by atoms with Crippen molar-refractivity contribution in [3.8, 4) is 0 Å². The quantitative estimate of drug-likeness (QED) is 0.774. The van der Waals surface area contributed by atoms with Gasteiger partial charge in [0, 0.05) is 25.2 Å². The molecule has 1 amide bonds. The molecular formula is C22H26N2O4S. The zero-order valence-electron chi connectivity index (χ0n) is 17.0. The van der Waals surface area contributed by atoms with Gasteiger partial charge in [0.25, 0.3) is 5.91 Å². The number of anilines is 1. The van der Waals surface area contributed by atoms with Gasteiger partial charge in [0.05, 0.1) is 22.8 Å². The first kappa shape index (κ1) is 20.1. The number of para-hydroxylation sites is 1. The second kappa shape index (κ2) is 7.55. The van der Waals surface area contributed by atoms with Crippen molar-refractivity contribution >= 4 is 21.6 Å². The molecule has 0 aromatic heterocycles. The molecule has 2 aromatic rings. The Balaban J connectivity index is 1.64. The van der Waals surface area contributed by atoms with Gasteiger partial charge in [-0.25, -0.2) is 8.42 Å². The number of fused-ring (bicyclic) bond motifs is 1. The Morgan fingerprint density at radius 2 is 1.76 bits per heavy atom. The number of sulfonamides is 1. The molecular weight excluding hydrogens is 388 g/mol. The number of benzene rings is 2. The van der Waals surface area contributed by atoms with E-state index in [2.05, 4.69) is 0 Å². The van der Waals surface area contributed by atoms with Crippen LogP contribution in [-0.2, 0) is 21.2 Å². The molecule has 0 radical (unpaired) electrons. The lowest BCUT2D eigenvalue weighted by Crippen LogP contribution is -2.48. The van der Waals surface area contributed by atoms with E-state index in [9.17, 15) is 13.2 Å². The molecule has 2 aliphatic rings. The smallest absolute Gasteiger partial charge is 0.258 e. The van der Waals surface area contributed by atoms with Crippen molar-refractivity contribution in [3.05, 3.63) is 59.2 Å². The molecule has 1 saturated heterocycles. The summed E-state index contributed by atoms with van der Waals surface area (Å²) in [6, 6.07) is 12.4. The van der Waals surface area contributed by atoms with E-state index in [0.29, 0.717) is 25.2 Å². The average molecular weight is 415 g/mol. The number of nitrogens with zero attached hydrogens (tertiary/aromatic N) is 2. The molecule has 7 heteroatoms. The van der Waals surface area contributed by atoms with E-state index in [-0.39, 0.29) is 23.0 Å². The summed E-state index contributed by atoms with van der Waals surface area (Å²) in [5.41, 5.74) is 3.53. The monoisotopic (exact) mass is 414 g/mol. The molecule has 2 heterocycles. The molecule has 0 aliphatic carbocycles. The summed E-state index contributed by atoms with van der Waals surface area (Å²) in [5.74, 6) is -0.168. The van der Waals surface area contributed by atoms with Crippen LogP contribution in [-0.4, -0.2) is 50.5 Å². The number of carbonyl (C=O) groups excluding carboxylic acids is 1. The van der Waals surface area contributed by atoms with Gasteiger partial charge >= 0.3 is 0 Å². The van der Waals surface area contributed by atoms with Crippen LogP contribution in [0.15, 0.2) is 47.4 Å². The van der Waals surface area contributed by atoms with Crippen molar-refractivity contribution in [2.75, 3.05) is 24.5 Å². The summed E-state index contributed by atoms with van der Waals surface area (Å²) in [4.78, 5) is 15.1. The summed E-state index contributed by atoms with van der Waals surface area (Å²) in [6.07, 6.45) is 0.481. The van der Waals surface area contributed by atoms with Gasteiger partial charge in [0.15, 0.2) is 0 Å². The van der Waals surface area contributed by atoms with Crippen LogP contribution < -0.4 is 4.90 Å². The van der Waals surface area contributed by atoms with Gasteiger partial charge in [-0.1, -0.05) is 24.3 Å². The highest BCUT2D eigenvalue weighted by Gasteiger charge is 2.33. The molecule has 2 atom stereocenters. The summed E-state index contributed by atoms with van der Waals surface area (Å²) in [5, 5.41) is 0. The summed E-state index contributed by atoms with van der Waals surface area (Å²) >= 11 is 0. The minimum absolute atomic E-state index is 0.147. The lowest BCUT2D eigenvalue weighted by atomic mass is 10.1. The zero-order valence-corrected chi connectivity index (χ0v) is 17.8. The Hall–Kier alpha value is -2.22. The number of carbonyl (C=O) groups is 1. The van der Waals surface area contributed by atoms with E-state index < -0.39 is 10.0 Å². The second-order valence-corrected chi connectivity index (χ2v) is 9.83. The Morgan fingerprint density at radius 1 is 1.07 bits per heavy atom. The van der Waals surface area contributed by atoms with Gasteiger partial charge in [0.1, 0.15) is 0 Å². The van der Waals surface area contributed by atoms with Crippen LogP contribution in [0, 0.1) is 6.92 Å². The zero-order chi connectivity index (χ0) is 20.8. The minimum Gasteiger partial charge on any atom is -0.373 e. The highest BCUT2D eigenvalue weighted by molar-refractivity contribution is 7.89. The average Bonchev–Trinajstić information content (AvgIpc) is 3.12. The fourth-order valence-corrected chi connectivity index (χ4v) is 5.91. The second-order valence-electron chi connectivity index (χ2n) is 7.90. The van der Waals surface area contributed by atoms with Crippen LogP contribution in [0.5, 0.6) is 0 Å². The maximum Gasteiger partial charge on any atom is 0.258 e. The number of morpholine rings is 1. The largest absolute Gasteiger partial charge is 0.373 e. The molecule has 0 bridgehead atoms. The number of amides is 1. The summed E-state index contributed by atoms with van der Waals surface area (Å²) in [7, 11) is -3.69. The van der Waals surface area contributed by atoms with Gasteiger partial charge in [-0.15, -0.1) is 0 Å². The Morgan fingerprint density at radius 3 is 2.48 bits per heavy atom. The number of rotatable bonds is 3. The SMILES string of the molecule is Cc1cccc2c1N(C(=O)c1cccc(S(=O)(=O)N3CC(C)OC(C)C3)c1)CC2. The van der Waals surface area contributed by atoms with E-state index in [4.69, 9.17) is 4.74 Å². The van der Waals surface area contributed by atoms with Crippen LogP contribution in [0.25, 0.3) is 0 Å². The molecule has 2 unspecified atom stereocenters. The first-order valence-corrected chi connectivity index (χ1v) is 11.4. The fraction of sp³-hybridized carbons (Fsp3) is 0.409. The van der Waals surface area contributed by atoms with E-state index >= 15 is 0 Å². The maximum atomic E-state index is 13.2. The van der Waals surface area contributed by atoms with Gasteiger partial charge in [0.2, 0.25) is 10.0 Å². The topological polar surface area (TPSA) is 66.9 Å². The third-order valence-corrected chi connectivity index (χ3v) is 7.37. The van der Waals surface area contributed by atoms with Crippen LogP contribution >= 0.6 is 0 Å². The van der Waals surface area contributed by atoms with Gasteiger partial charge in [-0.3, -0.25) is 4.79 Å². The third kappa shape index (κ3) is 3.70. The number of ether oxygens (including phenoxy) is 1. The Bertz CT molecular complexity index is 1040. The molecule has 0 saturated carbocycles. The molecule has 1 fully saturated rings. The van der Waals surface area contributed by atoms with Crippen LogP contribution in [0.3, 0.4) is 0 Å². The fourth-order valence-electron chi connectivity index (χ4n) is 4.28. The van der Waals surface area contributed by atoms with Crippen LogP contribution in [0.1, 0.15) is 35.3 Å². The van der Waals surface area contributed by atoms with Crippen molar-refractivity contribution in [3.63, 3.8) is 0 Å². The molecule has 0 N–H and O–H groups in total. The Labute approximate surface area is 172 Å². The number of hydrogen-bond donors (Lipinski definition) is 0. The lowest BCUT2D eigenvalue weighted by molar-refractivity contribution is -0.0440. The first-order chi connectivity index (χ1) is 13.8. The highest BCUT2D eigenvalue weighted by Crippen LogP contribution is 2.33. The van der Waals surface area contributed by atoms with Crippen molar-refractivity contribution in [2.45, 2.75) is 44.3 Å². The third-order valence-electron chi connectivity index (χ3n) is 5.55. The number of hydrogen-bond acceptors (Lipinski definition) is 4. The summed E-state index contributed by atoms with van der Waals surface area (Å²) < 4.78 is 33.4. The van der Waals surface area contributed by atoms with Crippen molar-refractivity contribution in [1.82, 2.24) is 4.31 Å². The standard InChI is InChI=1S/C22H26N2O4S/c1-15-6-4-7-18-10-11-24(21(15)18)22(25)19-8-5-9-20(12-19)29(26,27)23-13-16(2)28-17(3)14-23/h4-9,12,16-17H,10-11,13-14H2,1-3H3. The molecule has 4 rings (SSSR count). The van der Waals surface area contributed by atoms with Crippen LogP contribution in [0.2, 0.25) is 0 Å². The lowest BCUT2D eigenvalue weighted by Gasteiger charge is -2.34. The van der Waals surface area contributed by atoms with Crippen molar-refractivity contribution in [1.29, 1.82) is 0 Å². The summed E-state index contributed by atoms with van der Waals surface area (Å²) in [6.45, 7) is 6.95. The molecule has 154 valence electrons. The van der Waals surface area contributed by atoms with Gasteiger partial charge < -0.3 is 9.64 Å². The molecule has 29 heavy (non-hydrogen) atoms. The highest BCUT2D eigenvalue weighted by atomic mass is 32.2. The van der Waals surface area contributed by atoms with Crippen molar-refractivity contribution < 1.29 is 17.9 Å². The molecule has 2 aromatic carbocycles. The van der Waals surface area contributed by atoms with E-state index in [1.165, 1.54) is 10.4 Å².